The Hall–Kier alpha value is -3.04. The molecule has 4 rings (SSSR count). The first-order valence-electron chi connectivity index (χ1n) is 8.42. The summed E-state index contributed by atoms with van der Waals surface area (Å²) in [5.74, 6) is -0.110. The molecule has 3 heterocycles. The minimum atomic E-state index is -0.452. The molecule has 0 saturated heterocycles. The Kier molecular flexibility index (Phi) is 5.18. The van der Waals surface area contributed by atoms with Crippen LogP contribution in [-0.2, 0) is 11.3 Å². The van der Waals surface area contributed by atoms with Gasteiger partial charge in [-0.25, -0.2) is 24.7 Å². The number of nitrogen functional groups attached to an aromatic ring is 1. The van der Waals surface area contributed by atoms with E-state index < -0.39 is 5.97 Å². The van der Waals surface area contributed by atoms with Crippen LogP contribution in [-0.4, -0.2) is 37.1 Å². The lowest BCUT2D eigenvalue weighted by atomic mass is 10.2. The molecule has 10 heteroatoms. The number of rotatable bonds is 6. The topological polar surface area (TPSA) is 109 Å². The molecule has 0 unspecified atom stereocenters. The van der Waals surface area contributed by atoms with Crippen molar-refractivity contribution in [3.05, 3.63) is 53.0 Å². The van der Waals surface area contributed by atoms with Gasteiger partial charge >= 0.3 is 5.97 Å². The minimum Gasteiger partial charge on any atom is -0.461 e. The highest BCUT2D eigenvalue weighted by molar-refractivity contribution is 7.13. The molecule has 0 aliphatic rings. The summed E-state index contributed by atoms with van der Waals surface area (Å²) < 4.78 is 7.17. The van der Waals surface area contributed by atoms with Gasteiger partial charge in [0.2, 0.25) is 0 Å². The Labute approximate surface area is 169 Å². The van der Waals surface area contributed by atoms with Crippen LogP contribution in [0.1, 0.15) is 16.9 Å². The minimum absolute atomic E-state index is 0.253. The zero-order chi connectivity index (χ0) is 19.5. The molecule has 1 aromatic carbocycles. The molecule has 3 aromatic heterocycles. The highest BCUT2D eigenvalue weighted by atomic mass is 35.5. The van der Waals surface area contributed by atoms with Crippen LogP contribution in [0.4, 0.5) is 5.82 Å². The molecular weight excluding hydrogens is 400 g/mol. The molecule has 0 aliphatic carbocycles. The van der Waals surface area contributed by atoms with Crippen molar-refractivity contribution in [3.63, 3.8) is 0 Å². The molecule has 0 aliphatic heterocycles. The second-order valence-corrected chi connectivity index (χ2v) is 7.20. The van der Waals surface area contributed by atoms with Gasteiger partial charge in [0.1, 0.15) is 16.9 Å². The van der Waals surface area contributed by atoms with Gasteiger partial charge in [0.05, 0.1) is 12.9 Å². The van der Waals surface area contributed by atoms with Crippen molar-refractivity contribution in [1.82, 2.24) is 24.5 Å². The lowest BCUT2D eigenvalue weighted by Gasteiger charge is -2.05. The van der Waals surface area contributed by atoms with E-state index in [1.54, 1.807) is 23.8 Å². The van der Waals surface area contributed by atoms with E-state index in [9.17, 15) is 4.79 Å². The van der Waals surface area contributed by atoms with Gasteiger partial charge in [-0.1, -0.05) is 23.7 Å². The highest BCUT2D eigenvalue weighted by Crippen LogP contribution is 2.26. The van der Waals surface area contributed by atoms with Crippen molar-refractivity contribution in [1.29, 1.82) is 0 Å². The number of halogens is 1. The van der Waals surface area contributed by atoms with E-state index in [4.69, 9.17) is 22.1 Å². The largest absolute Gasteiger partial charge is 0.461 e. The monoisotopic (exact) mass is 414 g/mol. The molecule has 0 amide bonds. The predicted molar refractivity (Wildman–Crippen MR) is 107 cm³/mol. The standard InChI is InChI=1S/C18H15ClN6O2S/c19-12-4-1-3-11(7-12)17-24-13(8-28-17)18(26)27-6-2-5-25-10-23-14-15(20)21-9-22-16(14)25/h1,3-4,7-10H,2,5-6H2,(H2,20,21,22). The highest BCUT2D eigenvalue weighted by Gasteiger charge is 2.14. The molecule has 0 atom stereocenters. The average Bonchev–Trinajstić information content (AvgIpc) is 3.33. The quantitative estimate of drug-likeness (QED) is 0.380. The van der Waals surface area contributed by atoms with E-state index in [2.05, 4.69) is 19.9 Å². The molecule has 0 bridgehead atoms. The van der Waals surface area contributed by atoms with E-state index in [0.717, 1.165) is 10.6 Å². The molecule has 0 fully saturated rings. The van der Waals surface area contributed by atoms with Gasteiger partial charge in [-0.2, -0.15) is 0 Å². The number of imidazole rings is 1. The second kappa shape index (κ2) is 7.91. The maximum absolute atomic E-state index is 12.2. The molecule has 8 nitrogen and oxygen atoms in total. The zero-order valence-electron chi connectivity index (χ0n) is 14.6. The van der Waals surface area contributed by atoms with E-state index >= 15 is 0 Å². The number of aryl methyl sites for hydroxylation is 1. The number of nitrogens with zero attached hydrogens (tertiary/aromatic N) is 5. The van der Waals surface area contributed by atoms with Crippen molar-refractivity contribution in [2.24, 2.45) is 0 Å². The normalized spacial score (nSPS) is 11.0. The van der Waals surface area contributed by atoms with Crippen molar-refractivity contribution in [3.8, 4) is 10.6 Å². The Balaban J connectivity index is 1.33. The average molecular weight is 415 g/mol. The Morgan fingerprint density at radius 2 is 2.18 bits per heavy atom. The number of fused-ring (bicyclic) bond motifs is 1. The zero-order valence-corrected chi connectivity index (χ0v) is 16.2. The second-order valence-electron chi connectivity index (χ2n) is 5.91. The van der Waals surface area contributed by atoms with Crippen molar-refractivity contribution in [2.45, 2.75) is 13.0 Å². The fourth-order valence-electron chi connectivity index (χ4n) is 2.66. The Morgan fingerprint density at radius 1 is 1.29 bits per heavy atom. The number of hydrogen-bond donors (Lipinski definition) is 1. The first-order chi connectivity index (χ1) is 13.6. The summed E-state index contributed by atoms with van der Waals surface area (Å²) in [5.41, 5.74) is 8.14. The molecule has 0 spiro atoms. The van der Waals surface area contributed by atoms with Crippen molar-refractivity contribution < 1.29 is 9.53 Å². The van der Waals surface area contributed by atoms with Gasteiger partial charge in [0, 0.05) is 22.5 Å². The van der Waals surface area contributed by atoms with Crippen LogP contribution in [0.2, 0.25) is 5.02 Å². The smallest absolute Gasteiger partial charge is 0.357 e. The number of thiazole rings is 1. The van der Waals surface area contributed by atoms with Crippen molar-refractivity contribution in [2.75, 3.05) is 12.3 Å². The number of nitrogens with two attached hydrogens (primary N) is 1. The van der Waals surface area contributed by atoms with E-state index in [-0.39, 0.29) is 12.3 Å². The van der Waals surface area contributed by atoms with Crippen LogP contribution in [0, 0.1) is 0 Å². The molecule has 2 N–H and O–H groups in total. The van der Waals surface area contributed by atoms with Gasteiger partial charge in [-0.05, 0) is 18.6 Å². The van der Waals surface area contributed by atoms with Crippen LogP contribution in [0.25, 0.3) is 21.7 Å². The summed E-state index contributed by atoms with van der Waals surface area (Å²) in [5, 5.41) is 3.02. The number of benzene rings is 1. The third-order valence-electron chi connectivity index (χ3n) is 3.99. The Bertz CT molecular complexity index is 1140. The number of hydrogen-bond acceptors (Lipinski definition) is 8. The number of ether oxygens (including phenoxy) is 1. The summed E-state index contributed by atoms with van der Waals surface area (Å²) in [6.07, 6.45) is 3.65. The maximum Gasteiger partial charge on any atom is 0.357 e. The molecular formula is C18H15ClN6O2S. The van der Waals surface area contributed by atoms with Crippen molar-refractivity contribution >= 4 is 45.9 Å². The van der Waals surface area contributed by atoms with Gasteiger partial charge in [-0.15, -0.1) is 11.3 Å². The van der Waals surface area contributed by atoms with E-state index in [1.807, 2.05) is 16.7 Å². The number of esters is 1. The lowest BCUT2D eigenvalue weighted by Crippen LogP contribution is -2.09. The van der Waals surface area contributed by atoms with Crippen LogP contribution >= 0.6 is 22.9 Å². The SMILES string of the molecule is Nc1ncnc2c1ncn2CCCOC(=O)c1csc(-c2cccc(Cl)c2)n1. The van der Waals surface area contributed by atoms with Crippen LogP contribution in [0.3, 0.4) is 0 Å². The summed E-state index contributed by atoms with van der Waals surface area (Å²) in [7, 11) is 0. The number of anilines is 1. The summed E-state index contributed by atoms with van der Waals surface area (Å²) in [6.45, 7) is 0.841. The first kappa shape index (κ1) is 18.3. The molecule has 0 saturated carbocycles. The fourth-order valence-corrected chi connectivity index (χ4v) is 3.63. The predicted octanol–water partition coefficient (Wildman–Crippen LogP) is 3.43. The molecule has 28 heavy (non-hydrogen) atoms. The number of aromatic nitrogens is 5. The fraction of sp³-hybridized carbons (Fsp3) is 0.167. The lowest BCUT2D eigenvalue weighted by molar-refractivity contribution is 0.0490. The molecule has 0 radical (unpaired) electrons. The van der Waals surface area contributed by atoms with Crippen LogP contribution in [0.5, 0.6) is 0 Å². The van der Waals surface area contributed by atoms with Gasteiger partial charge in [0.15, 0.2) is 17.2 Å². The summed E-state index contributed by atoms with van der Waals surface area (Å²) in [4.78, 5) is 28.9. The van der Waals surface area contributed by atoms with Crippen LogP contribution in [0.15, 0.2) is 42.3 Å². The number of carbonyl (C=O) groups excluding carboxylic acids is 1. The third kappa shape index (κ3) is 3.80. The van der Waals surface area contributed by atoms with Gasteiger partial charge in [-0.3, -0.25) is 0 Å². The van der Waals surface area contributed by atoms with Gasteiger partial charge in [0.25, 0.3) is 0 Å². The van der Waals surface area contributed by atoms with E-state index in [0.29, 0.717) is 35.0 Å². The van der Waals surface area contributed by atoms with Gasteiger partial charge < -0.3 is 15.0 Å². The molecule has 4 aromatic rings. The summed E-state index contributed by atoms with van der Waals surface area (Å²) in [6, 6.07) is 7.33. The van der Waals surface area contributed by atoms with E-state index in [1.165, 1.54) is 17.7 Å². The third-order valence-corrected chi connectivity index (χ3v) is 5.12. The maximum atomic E-state index is 12.2. The van der Waals surface area contributed by atoms with Crippen LogP contribution < -0.4 is 5.73 Å². The Morgan fingerprint density at radius 3 is 3.04 bits per heavy atom. The molecule has 142 valence electrons. The number of carbonyl (C=O) groups is 1. The first-order valence-corrected chi connectivity index (χ1v) is 9.67. The summed E-state index contributed by atoms with van der Waals surface area (Å²) >= 11 is 7.37.